The van der Waals surface area contributed by atoms with Crippen LogP contribution in [0.4, 0.5) is 5.69 Å². The quantitative estimate of drug-likeness (QED) is 0.765. The number of hydrogen-bond donors (Lipinski definition) is 1. The molecular formula is C13H12N6. The van der Waals surface area contributed by atoms with Gasteiger partial charge in [-0.2, -0.15) is 0 Å². The molecule has 2 aromatic heterocycles. The average molecular weight is 252 g/mol. The number of aromatic nitrogens is 5. The van der Waals surface area contributed by atoms with Gasteiger partial charge >= 0.3 is 0 Å². The summed E-state index contributed by atoms with van der Waals surface area (Å²) in [5.74, 6) is 0. The summed E-state index contributed by atoms with van der Waals surface area (Å²) in [4.78, 5) is 4.26. The fraction of sp³-hybridized carbons (Fsp3) is 0.0769. The summed E-state index contributed by atoms with van der Waals surface area (Å²) in [5.41, 5.74) is 2.96. The number of nitrogens with one attached hydrogen (secondary N) is 1. The van der Waals surface area contributed by atoms with Crippen LogP contribution in [0.25, 0.3) is 5.69 Å². The largest absolute Gasteiger partial charge is 0.379 e. The summed E-state index contributed by atoms with van der Waals surface area (Å²) in [7, 11) is 0. The fourth-order valence-electron chi connectivity index (χ4n) is 1.71. The zero-order valence-electron chi connectivity index (χ0n) is 10.1. The van der Waals surface area contributed by atoms with E-state index in [1.54, 1.807) is 17.2 Å². The first kappa shape index (κ1) is 11.3. The SMILES string of the molecule is c1ccc(CNc2ccc(-n3cnnn3)cc2)nc1. The third-order valence-corrected chi connectivity index (χ3v) is 2.68. The highest BCUT2D eigenvalue weighted by atomic mass is 15.5. The molecule has 0 amide bonds. The van der Waals surface area contributed by atoms with Crippen LogP contribution in [0, 0.1) is 0 Å². The van der Waals surface area contributed by atoms with E-state index in [2.05, 4.69) is 25.8 Å². The summed E-state index contributed by atoms with van der Waals surface area (Å²) in [6.45, 7) is 0.699. The van der Waals surface area contributed by atoms with Crippen molar-refractivity contribution in [2.24, 2.45) is 0 Å². The number of anilines is 1. The highest BCUT2D eigenvalue weighted by molar-refractivity contribution is 5.48. The van der Waals surface area contributed by atoms with Crippen molar-refractivity contribution in [3.63, 3.8) is 0 Å². The highest BCUT2D eigenvalue weighted by Gasteiger charge is 1.98. The lowest BCUT2D eigenvalue weighted by atomic mass is 10.2. The second kappa shape index (κ2) is 5.26. The van der Waals surface area contributed by atoms with Gasteiger partial charge < -0.3 is 5.32 Å². The predicted molar refractivity (Wildman–Crippen MR) is 70.7 cm³/mol. The molecule has 19 heavy (non-hydrogen) atoms. The van der Waals surface area contributed by atoms with E-state index >= 15 is 0 Å². The summed E-state index contributed by atoms with van der Waals surface area (Å²) >= 11 is 0. The standard InChI is InChI=1S/C13H12N6/c1-2-8-14-12(3-1)9-15-11-4-6-13(7-5-11)19-10-16-17-18-19/h1-8,10,15H,9H2. The molecular weight excluding hydrogens is 240 g/mol. The maximum atomic E-state index is 4.26. The van der Waals surface area contributed by atoms with E-state index in [-0.39, 0.29) is 0 Å². The normalized spacial score (nSPS) is 10.3. The Kier molecular flexibility index (Phi) is 3.14. The predicted octanol–water partition coefficient (Wildman–Crippen LogP) is 1.67. The summed E-state index contributed by atoms with van der Waals surface area (Å²) in [6.07, 6.45) is 3.36. The van der Waals surface area contributed by atoms with Crippen molar-refractivity contribution in [3.05, 3.63) is 60.7 Å². The first-order valence-corrected chi connectivity index (χ1v) is 5.89. The van der Waals surface area contributed by atoms with Gasteiger partial charge in [-0.25, -0.2) is 4.68 Å². The zero-order chi connectivity index (χ0) is 12.9. The molecule has 0 radical (unpaired) electrons. The van der Waals surface area contributed by atoms with E-state index in [0.717, 1.165) is 17.1 Å². The number of pyridine rings is 1. The minimum absolute atomic E-state index is 0.699. The van der Waals surface area contributed by atoms with E-state index in [1.807, 2.05) is 42.5 Å². The van der Waals surface area contributed by atoms with Crippen molar-refractivity contribution in [3.8, 4) is 5.69 Å². The first-order chi connectivity index (χ1) is 9.42. The summed E-state index contributed by atoms with van der Waals surface area (Å²) < 4.78 is 1.61. The molecule has 1 aromatic carbocycles. The molecule has 0 aliphatic carbocycles. The molecule has 0 saturated heterocycles. The van der Waals surface area contributed by atoms with Crippen LogP contribution >= 0.6 is 0 Å². The summed E-state index contributed by atoms with van der Waals surface area (Å²) in [6, 6.07) is 13.8. The van der Waals surface area contributed by atoms with Crippen LogP contribution in [0.3, 0.4) is 0 Å². The molecule has 0 fully saturated rings. The first-order valence-electron chi connectivity index (χ1n) is 5.89. The molecule has 0 spiro atoms. The molecule has 0 saturated carbocycles. The van der Waals surface area contributed by atoms with Crippen LogP contribution in [-0.4, -0.2) is 25.2 Å². The monoisotopic (exact) mass is 252 g/mol. The third-order valence-electron chi connectivity index (χ3n) is 2.68. The Balaban J connectivity index is 1.67. The molecule has 94 valence electrons. The number of rotatable bonds is 4. The molecule has 3 aromatic rings. The van der Waals surface area contributed by atoms with Gasteiger partial charge in [-0.05, 0) is 46.8 Å². The van der Waals surface area contributed by atoms with Crippen LogP contribution in [0.5, 0.6) is 0 Å². The topological polar surface area (TPSA) is 68.5 Å². The van der Waals surface area contributed by atoms with E-state index in [1.165, 1.54) is 0 Å². The lowest BCUT2D eigenvalue weighted by Gasteiger charge is -2.06. The molecule has 0 aliphatic heterocycles. The number of tetrazole rings is 1. The van der Waals surface area contributed by atoms with Gasteiger partial charge in [0.05, 0.1) is 17.9 Å². The molecule has 0 atom stereocenters. The number of nitrogens with zero attached hydrogens (tertiary/aromatic N) is 5. The van der Waals surface area contributed by atoms with Crippen LogP contribution in [-0.2, 0) is 6.54 Å². The smallest absolute Gasteiger partial charge is 0.143 e. The Morgan fingerprint density at radius 3 is 2.63 bits per heavy atom. The second-order valence-electron chi connectivity index (χ2n) is 3.98. The average Bonchev–Trinajstić information content (AvgIpc) is 3.01. The highest BCUT2D eigenvalue weighted by Crippen LogP contribution is 2.12. The van der Waals surface area contributed by atoms with E-state index in [4.69, 9.17) is 0 Å². The molecule has 2 heterocycles. The Bertz CT molecular complexity index is 618. The van der Waals surface area contributed by atoms with E-state index in [0.29, 0.717) is 6.54 Å². The van der Waals surface area contributed by atoms with Crippen molar-refractivity contribution in [1.29, 1.82) is 0 Å². The molecule has 6 heteroatoms. The van der Waals surface area contributed by atoms with Crippen molar-refractivity contribution >= 4 is 5.69 Å². The van der Waals surface area contributed by atoms with Crippen LogP contribution < -0.4 is 5.32 Å². The van der Waals surface area contributed by atoms with Crippen LogP contribution in [0.15, 0.2) is 55.0 Å². The van der Waals surface area contributed by atoms with Crippen molar-refractivity contribution < 1.29 is 0 Å². The van der Waals surface area contributed by atoms with Gasteiger partial charge in [-0.15, -0.1) is 5.10 Å². The molecule has 0 unspecified atom stereocenters. The number of benzene rings is 1. The lowest BCUT2D eigenvalue weighted by Crippen LogP contribution is -2.01. The Labute approximate surface area is 110 Å². The molecule has 3 rings (SSSR count). The lowest BCUT2D eigenvalue weighted by molar-refractivity contribution is 0.789. The molecule has 0 bridgehead atoms. The van der Waals surface area contributed by atoms with Gasteiger partial charge in [-0.1, -0.05) is 6.07 Å². The molecule has 0 aliphatic rings. The van der Waals surface area contributed by atoms with Crippen molar-refractivity contribution in [2.45, 2.75) is 6.54 Å². The fourth-order valence-corrected chi connectivity index (χ4v) is 1.71. The van der Waals surface area contributed by atoms with Gasteiger partial charge in [-0.3, -0.25) is 4.98 Å². The Morgan fingerprint density at radius 1 is 1.05 bits per heavy atom. The Hall–Kier alpha value is -2.76. The third kappa shape index (κ3) is 2.74. The maximum Gasteiger partial charge on any atom is 0.143 e. The van der Waals surface area contributed by atoms with Crippen LogP contribution in [0.1, 0.15) is 5.69 Å². The summed E-state index contributed by atoms with van der Waals surface area (Å²) in [5, 5.41) is 14.4. The minimum Gasteiger partial charge on any atom is -0.379 e. The Morgan fingerprint density at radius 2 is 1.95 bits per heavy atom. The van der Waals surface area contributed by atoms with Gasteiger partial charge in [0.25, 0.3) is 0 Å². The van der Waals surface area contributed by atoms with Crippen LogP contribution in [0.2, 0.25) is 0 Å². The van der Waals surface area contributed by atoms with Crippen molar-refractivity contribution in [1.82, 2.24) is 25.2 Å². The molecule has 1 N–H and O–H groups in total. The van der Waals surface area contributed by atoms with Gasteiger partial charge in [0.2, 0.25) is 0 Å². The maximum absolute atomic E-state index is 4.26. The van der Waals surface area contributed by atoms with Crippen molar-refractivity contribution in [2.75, 3.05) is 5.32 Å². The second-order valence-corrected chi connectivity index (χ2v) is 3.98. The minimum atomic E-state index is 0.699. The number of hydrogen-bond acceptors (Lipinski definition) is 5. The molecule has 6 nitrogen and oxygen atoms in total. The van der Waals surface area contributed by atoms with E-state index in [9.17, 15) is 0 Å². The zero-order valence-corrected chi connectivity index (χ0v) is 10.1. The van der Waals surface area contributed by atoms with Gasteiger partial charge in [0.15, 0.2) is 0 Å². The van der Waals surface area contributed by atoms with E-state index < -0.39 is 0 Å². The van der Waals surface area contributed by atoms with Gasteiger partial charge in [0, 0.05) is 11.9 Å². The van der Waals surface area contributed by atoms with Gasteiger partial charge in [0.1, 0.15) is 6.33 Å².